The van der Waals surface area contributed by atoms with E-state index in [0.717, 1.165) is 43.3 Å². The maximum atomic E-state index is 14.3. The van der Waals surface area contributed by atoms with Gasteiger partial charge in [0, 0.05) is 49.1 Å². The Kier molecular flexibility index (Phi) is 11.8. The van der Waals surface area contributed by atoms with Crippen molar-refractivity contribution < 1.29 is 31.8 Å². The van der Waals surface area contributed by atoms with Crippen LogP contribution in [0.1, 0.15) is 18.5 Å². The van der Waals surface area contributed by atoms with E-state index < -0.39 is 33.4 Å². The summed E-state index contributed by atoms with van der Waals surface area (Å²) in [7, 11) is 15.8. The van der Waals surface area contributed by atoms with Gasteiger partial charge in [0.05, 0.1) is 78.2 Å². The van der Waals surface area contributed by atoms with Crippen LogP contribution in [0.4, 0.5) is 20.2 Å². The number of hydrogen-bond acceptors (Lipinski definition) is 8. The van der Waals surface area contributed by atoms with Gasteiger partial charge in [0.25, 0.3) is 5.66 Å². The Balaban J connectivity index is 1.47. The lowest BCUT2D eigenvalue weighted by atomic mass is 9.52. The van der Waals surface area contributed by atoms with Gasteiger partial charge in [0.2, 0.25) is 0 Å². The number of likely N-dealkylation sites (tertiary alicyclic amines) is 1. The highest BCUT2D eigenvalue weighted by molar-refractivity contribution is 7.90. The average molecular weight is 666 g/mol. The van der Waals surface area contributed by atoms with Crippen LogP contribution in [-0.4, -0.2) is 116 Å². The lowest BCUT2D eigenvalue weighted by Gasteiger charge is -2.34. The second-order valence-corrected chi connectivity index (χ2v) is 14.3. The molecular weight excluding hydrogens is 630 g/mol. The highest BCUT2D eigenvalue weighted by Gasteiger charge is 2.26. The van der Waals surface area contributed by atoms with Gasteiger partial charge in [-0.3, -0.25) is 0 Å². The number of aliphatic hydroxyl groups excluding tert-OH is 1. The lowest BCUT2D eigenvalue weighted by Crippen LogP contribution is -2.45. The molecule has 2 atom stereocenters. The van der Waals surface area contributed by atoms with Gasteiger partial charge in [0.1, 0.15) is 5.75 Å². The first-order chi connectivity index (χ1) is 21.5. The fourth-order valence-electron chi connectivity index (χ4n) is 5.29. The minimum Gasteiger partial charge on any atom is -0.495 e. The van der Waals surface area contributed by atoms with Gasteiger partial charge in [-0.2, -0.15) is 0 Å². The monoisotopic (exact) mass is 666 g/mol. The highest BCUT2D eigenvalue weighted by atomic mass is 32.2. The minimum atomic E-state index is -3.40. The van der Waals surface area contributed by atoms with E-state index in [0.29, 0.717) is 29.2 Å². The van der Waals surface area contributed by atoms with Crippen LogP contribution in [0.5, 0.6) is 5.75 Å². The first kappa shape index (κ1) is 36.1. The number of rotatable bonds is 13. The third-order valence-corrected chi connectivity index (χ3v) is 8.73. The van der Waals surface area contributed by atoms with E-state index in [-0.39, 0.29) is 24.1 Å². The molecule has 1 saturated heterocycles. The topological polar surface area (TPSA) is 105 Å². The Bertz CT molecular complexity index is 1680. The number of anilines is 2. The minimum absolute atomic E-state index is 0.0794. The van der Waals surface area contributed by atoms with Gasteiger partial charge >= 0.3 is 0 Å². The fourth-order valence-corrected chi connectivity index (χ4v) is 6.11. The molecule has 0 amide bonds. The Morgan fingerprint density at radius 1 is 1.15 bits per heavy atom. The number of methoxy groups -OCH3 is 1. The van der Waals surface area contributed by atoms with Crippen LogP contribution in [0, 0.1) is 11.8 Å². The predicted molar refractivity (Wildman–Crippen MR) is 183 cm³/mol. The molecule has 6 radical (unpaired) electrons. The zero-order valence-corrected chi connectivity index (χ0v) is 27.8. The average Bonchev–Trinajstić information content (AvgIpc) is 3.31. The van der Waals surface area contributed by atoms with Crippen molar-refractivity contribution in [2.45, 2.75) is 47.4 Å². The van der Waals surface area contributed by atoms with Gasteiger partial charge in [-0.15, -0.1) is 0 Å². The first-order valence-corrected chi connectivity index (χ1v) is 17.1. The number of β-amino-alcohol motifs (C(OH)–C–C–N with tert-alkyl or cyclic N) is 1. The normalized spacial score (nSPS) is 15.7. The van der Waals surface area contributed by atoms with Crippen LogP contribution in [0.15, 0.2) is 47.4 Å². The summed E-state index contributed by atoms with van der Waals surface area (Å²) in [4.78, 5) is 2.24. The molecule has 9 nitrogen and oxygen atoms in total. The number of alkyl halides is 2. The molecule has 3 aromatic rings. The third-order valence-electron chi connectivity index (χ3n) is 7.44. The van der Waals surface area contributed by atoms with Crippen molar-refractivity contribution in [1.29, 1.82) is 0 Å². The molecule has 2 unspecified atom stereocenters. The van der Waals surface area contributed by atoms with Crippen molar-refractivity contribution in [2.24, 2.45) is 0 Å². The van der Waals surface area contributed by atoms with Crippen LogP contribution in [0.3, 0.4) is 0 Å². The van der Waals surface area contributed by atoms with Gasteiger partial charge in [-0.25, -0.2) is 17.2 Å². The Labute approximate surface area is 275 Å². The zero-order chi connectivity index (χ0) is 33.7. The third kappa shape index (κ3) is 10.4. The van der Waals surface area contributed by atoms with E-state index in [1.807, 2.05) is 12.1 Å². The summed E-state index contributed by atoms with van der Waals surface area (Å²) in [5, 5.41) is 15.9. The zero-order valence-electron chi connectivity index (χ0n) is 25.8. The second kappa shape index (κ2) is 15.0. The number of fused-ring (bicyclic) bond motifs is 1. The van der Waals surface area contributed by atoms with Crippen LogP contribution >= 0.6 is 9.24 Å². The smallest absolute Gasteiger partial charge is 0.276 e. The second-order valence-electron chi connectivity index (χ2n) is 11.4. The molecule has 2 aromatic carbocycles. The number of aromatic nitrogens is 1. The number of hydrogen-bond donors (Lipinski definition) is 3. The van der Waals surface area contributed by atoms with E-state index in [2.05, 4.69) is 27.4 Å². The molecule has 4 rings (SSSR count). The number of piperidine rings is 1. The predicted octanol–water partition coefficient (Wildman–Crippen LogP) is 2.36. The summed E-state index contributed by atoms with van der Waals surface area (Å²) in [5.74, 6) is 6.35. The Morgan fingerprint density at radius 2 is 1.87 bits per heavy atom. The molecule has 1 aliphatic rings. The first-order valence-electron chi connectivity index (χ1n) is 14.6. The van der Waals surface area contributed by atoms with Crippen molar-refractivity contribution in [1.82, 2.24) is 9.47 Å². The van der Waals surface area contributed by atoms with Crippen molar-refractivity contribution in [3.05, 3.63) is 48.2 Å². The number of aliphatic hydroxyl groups is 1. The summed E-state index contributed by atoms with van der Waals surface area (Å²) >= 11 is 0. The summed E-state index contributed by atoms with van der Waals surface area (Å²) in [5.41, 5.74) is -0.641. The fraction of sp³-hybridized carbons (Fsp3) is 0.467. The maximum absolute atomic E-state index is 14.3. The summed E-state index contributed by atoms with van der Waals surface area (Å²) < 4.78 is 64.2. The summed E-state index contributed by atoms with van der Waals surface area (Å²) in [6, 6.07) is 12.0. The van der Waals surface area contributed by atoms with Crippen molar-refractivity contribution in [3.8, 4) is 17.6 Å². The number of nitrogens with zero attached hydrogens (tertiary/aromatic N) is 2. The Morgan fingerprint density at radius 3 is 2.50 bits per heavy atom. The number of sulfone groups is 1. The van der Waals surface area contributed by atoms with E-state index >= 15 is 0 Å². The van der Waals surface area contributed by atoms with E-state index in [1.165, 1.54) is 23.8 Å². The van der Waals surface area contributed by atoms with E-state index in [1.54, 1.807) is 27.4 Å². The van der Waals surface area contributed by atoms with Crippen molar-refractivity contribution in [2.75, 3.05) is 56.8 Å². The van der Waals surface area contributed by atoms with Crippen molar-refractivity contribution >= 4 is 64.9 Å². The molecule has 46 heavy (non-hydrogen) atoms. The summed E-state index contributed by atoms with van der Waals surface area (Å²) in [6.45, 7) is 1.35. The van der Waals surface area contributed by atoms with Crippen LogP contribution < -0.4 is 15.4 Å². The number of nitrogens with one attached hydrogen (secondary N) is 2. The molecule has 0 spiro atoms. The standard InChI is InChI=1S/C30H36B3F2N4O5PS/c1-43-28-16-23(46(2,41)42)8-9-26(28)36-12-4-5-21-15-24-25(6-3-7-27(24)39(21)19-29(34,35)45)37-20-10-13-38(14-11-20)17-22(40)18-44-30(31,32)33/h3,6-9,15-16,20,22,36-37,40H,10-14,17-19,45H2,1-2H3. The van der Waals surface area contributed by atoms with Gasteiger partial charge in [-0.05, 0) is 54.4 Å². The molecule has 1 aliphatic heterocycles. The molecule has 0 bridgehead atoms. The van der Waals surface area contributed by atoms with Crippen LogP contribution in [-0.2, 0) is 21.1 Å². The SMILES string of the molecule is [B]C([B])([B])OCC(O)CN1CCC(Nc2cccc3c2cc(C#CCNc2ccc(S(C)(=O)=O)cc2OC)n3CC(F)(F)P)CC1. The molecule has 0 aliphatic carbocycles. The van der Waals surface area contributed by atoms with Gasteiger partial charge in [0.15, 0.2) is 9.84 Å². The van der Waals surface area contributed by atoms with Crippen LogP contribution in [0.2, 0.25) is 0 Å². The van der Waals surface area contributed by atoms with Crippen LogP contribution in [0.25, 0.3) is 10.9 Å². The highest BCUT2D eigenvalue weighted by Crippen LogP contribution is 2.33. The molecule has 1 aromatic heterocycles. The maximum Gasteiger partial charge on any atom is 0.276 e. The molecule has 240 valence electrons. The number of ether oxygens (including phenoxy) is 2. The van der Waals surface area contributed by atoms with Crippen molar-refractivity contribution in [3.63, 3.8) is 0 Å². The molecule has 0 saturated carbocycles. The van der Waals surface area contributed by atoms with E-state index in [9.17, 15) is 22.3 Å². The lowest BCUT2D eigenvalue weighted by molar-refractivity contribution is 0.00952. The van der Waals surface area contributed by atoms with Gasteiger partial charge in [-0.1, -0.05) is 21.2 Å². The molecule has 3 N–H and O–H groups in total. The summed E-state index contributed by atoms with van der Waals surface area (Å²) in [6.07, 6.45) is 1.93. The molecular formula is C30H36B3F2N4O5PS. The van der Waals surface area contributed by atoms with Gasteiger partial charge < -0.3 is 34.7 Å². The van der Waals surface area contributed by atoms with E-state index in [4.69, 9.17) is 33.0 Å². The molecule has 2 heterocycles. The molecule has 16 heteroatoms. The largest absolute Gasteiger partial charge is 0.495 e. The number of benzene rings is 2. The Hall–Kier alpha value is -2.75. The molecule has 1 fully saturated rings. The quantitative estimate of drug-likeness (QED) is 0.145. The number of halogens is 2.